The maximum Gasteiger partial charge on any atom is 0.250 e. The van der Waals surface area contributed by atoms with Gasteiger partial charge in [-0.3, -0.25) is 4.79 Å². The van der Waals surface area contributed by atoms with Crippen molar-refractivity contribution in [1.82, 2.24) is 9.88 Å². The third-order valence-corrected chi connectivity index (χ3v) is 3.88. The second-order valence-electron chi connectivity index (χ2n) is 5.43. The third-order valence-electron chi connectivity index (χ3n) is 3.41. The second-order valence-corrected chi connectivity index (χ2v) is 6.35. The number of nitrogens with one attached hydrogen (secondary N) is 1. The quantitative estimate of drug-likeness (QED) is 0.869. The Hall–Kier alpha value is -1.39. The van der Waals surface area contributed by atoms with Crippen LogP contribution in [0.5, 0.6) is 0 Å². The van der Waals surface area contributed by atoms with Crippen LogP contribution in [-0.2, 0) is 13.0 Å². The van der Waals surface area contributed by atoms with E-state index >= 15 is 0 Å². The minimum Gasteiger partial charge on any atom is -0.313 e. The Kier molecular flexibility index (Phi) is 5.76. The molecule has 0 radical (unpaired) electrons. The molecule has 21 heavy (non-hydrogen) atoms. The van der Waals surface area contributed by atoms with Gasteiger partial charge in [0, 0.05) is 29.3 Å². The standard InChI is InChI=1S/C17H21BrN2O/c1-13-4-3-5-15(10-13)8-9-19-14(2)11-20-12-16(18)6-7-17(20)21/h3-7,10,12,14,19H,8-9,11H2,1-2H3/t14-/m0/s1. The zero-order valence-electron chi connectivity index (χ0n) is 12.5. The van der Waals surface area contributed by atoms with E-state index in [1.165, 1.54) is 11.1 Å². The average Bonchev–Trinajstić information content (AvgIpc) is 2.43. The fourth-order valence-corrected chi connectivity index (χ4v) is 2.71. The summed E-state index contributed by atoms with van der Waals surface area (Å²) in [5.74, 6) is 0. The SMILES string of the molecule is Cc1cccc(CCN[C@@H](C)Cn2cc(Br)ccc2=O)c1. The number of benzene rings is 1. The lowest BCUT2D eigenvalue weighted by Crippen LogP contribution is -2.35. The molecule has 0 spiro atoms. The van der Waals surface area contributed by atoms with Gasteiger partial charge in [0.15, 0.2) is 0 Å². The summed E-state index contributed by atoms with van der Waals surface area (Å²) in [5.41, 5.74) is 2.67. The van der Waals surface area contributed by atoms with Gasteiger partial charge in [0.05, 0.1) is 0 Å². The first-order valence-corrected chi connectivity index (χ1v) is 7.99. The van der Waals surface area contributed by atoms with Crippen molar-refractivity contribution >= 4 is 15.9 Å². The van der Waals surface area contributed by atoms with Crippen LogP contribution in [0.2, 0.25) is 0 Å². The highest BCUT2D eigenvalue weighted by atomic mass is 79.9. The van der Waals surface area contributed by atoms with Gasteiger partial charge in [-0.2, -0.15) is 0 Å². The molecule has 4 heteroatoms. The Bertz CT molecular complexity index is 651. The molecule has 1 heterocycles. The van der Waals surface area contributed by atoms with Gasteiger partial charge in [0.2, 0.25) is 0 Å². The van der Waals surface area contributed by atoms with E-state index in [2.05, 4.69) is 59.4 Å². The van der Waals surface area contributed by atoms with E-state index in [0.717, 1.165) is 17.4 Å². The van der Waals surface area contributed by atoms with Gasteiger partial charge in [-0.25, -0.2) is 0 Å². The lowest BCUT2D eigenvalue weighted by molar-refractivity contribution is 0.472. The van der Waals surface area contributed by atoms with E-state index in [1.54, 1.807) is 16.7 Å². The number of hydrogen-bond acceptors (Lipinski definition) is 2. The van der Waals surface area contributed by atoms with E-state index in [9.17, 15) is 4.79 Å². The summed E-state index contributed by atoms with van der Waals surface area (Å²) in [5, 5.41) is 3.47. The molecule has 1 aromatic heterocycles. The molecule has 0 aliphatic carbocycles. The van der Waals surface area contributed by atoms with E-state index in [-0.39, 0.29) is 11.6 Å². The summed E-state index contributed by atoms with van der Waals surface area (Å²) >= 11 is 3.40. The van der Waals surface area contributed by atoms with Crippen LogP contribution in [-0.4, -0.2) is 17.2 Å². The number of aromatic nitrogens is 1. The van der Waals surface area contributed by atoms with Crippen LogP contribution in [0.3, 0.4) is 0 Å². The van der Waals surface area contributed by atoms with Gasteiger partial charge >= 0.3 is 0 Å². The summed E-state index contributed by atoms with van der Waals surface area (Å²) in [6.07, 6.45) is 2.83. The number of pyridine rings is 1. The zero-order valence-corrected chi connectivity index (χ0v) is 14.1. The van der Waals surface area contributed by atoms with Crippen LogP contribution in [0.1, 0.15) is 18.1 Å². The Morgan fingerprint density at radius 2 is 2.10 bits per heavy atom. The molecule has 0 fully saturated rings. The fraction of sp³-hybridized carbons (Fsp3) is 0.353. The highest BCUT2D eigenvalue weighted by Gasteiger charge is 2.04. The van der Waals surface area contributed by atoms with Gasteiger partial charge < -0.3 is 9.88 Å². The molecule has 0 unspecified atom stereocenters. The van der Waals surface area contributed by atoms with E-state index in [0.29, 0.717) is 6.54 Å². The molecule has 2 rings (SSSR count). The monoisotopic (exact) mass is 348 g/mol. The van der Waals surface area contributed by atoms with Crippen LogP contribution in [0, 0.1) is 6.92 Å². The summed E-state index contributed by atoms with van der Waals surface area (Å²) in [7, 11) is 0. The third kappa shape index (κ3) is 5.14. The number of nitrogens with zero attached hydrogens (tertiary/aromatic N) is 1. The minimum absolute atomic E-state index is 0.0329. The molecular formula is C17H21BrN2O. The van der Waals surface area contributed by atoms with Crippen molar-refractivity contribution in [2.45, 2.75) is 32.9 Å². The summed E-state index contributed by atoms with van der Waals surface area (Å²) < 4.78 is 2.66. The molecule has 0 amide bonds. The maximum atomic E-state index is 11.8. The van der Waals surface area contributed by atoms with Crippen molar-refractivity contribution in [2.75, 3.05) is 6.54 Å². The topological polar surface area (TPSA) is 34.0 Å². The van der Waals surface area contributed by atoms with Crippen molar-refractivity contribution in [3.63, 3.8) is 0 Å². The largest absolute Gasteiger partial charge is 0.313 e. The fourth-order valence-electron chi connectivity index (χ4n) is 2.33. The normalized spacial score (nSPS) is 12.3. The van der Waals surface area contributed by atoms with Crippen LogP contribution < -0.4 is 10.9 Å². The van der Waals surface area contributed by atoms with Crippen molar-refractivity contribution in [3.05, 3.63) is 68.5 Å². The highest BCUT2D eigenvalue weighted by Crippen LogP contribution is 2.06. The van der Waals surface area contributed by atoms with Crippen molar-refractivity contribution in [3.8, 4) is 0 Å². The summed E-state index contributed by atoms with van der Waals surface area (Å²) in [4.78, 5) is 11.8. The molecule has 0 saturated carbocycles. The average molecular weight is 349 g/mol. The Morgan fingerprint density at radius 1 is 1.29 bits per heavy atom. The molecule has 1 atom stereocenters. The van der Waals surface area contributed by atoms with Crippen molar-refractivity contribution in [1.29, 1.82) is 0 Å². The predicted octanol–water partition coefficient (Wildman–Crippen LogP) is 3.14. The van der Waals surface area contributed by atoms with Crippen molar-refractivity contribution < 1.29 is 0 Å². The first-order valence-electron chi connectivity index (χ1n) is 7.19. The van der Waals surface area contributed by atoms with Gasteiger partial charge in [0.25, 0.3) is 5.56 Å². The zero-order chi connectivity index (χ0) is 15.2. The molecule has 3 nitrogen and oxygen atoms in total. The Balaban J connectivity index is 1.83. The Labute approximate surface area is 134 Å². The molecule has 1 N–H and O–H groups in total. The molecule has 2 aromatic rings. The molecule has 112 valence electrons. The molecular weight excluding hydrogens is 328 g/mol. The lowest BCUT2D eigenvalue weighted by atomic mass is 10.1. The van der Waals surface area contributed by atoms with E-state index in [1.807, 2.05) is 6.20 Å². The van der Waals surface area contributed by atoms with Gasteiger partial charge in [-0.1, -0.05) is 29.8 Å². The first kappa shape index (κ1) is 16.0. The van der Waals surface area contributed by atoms with Crippen molar-refractivity contribution in [2.24, 2.45) is 0 Å². The second kappa shape index (κ2) is 7.57. The number of rotatable bonds is 6. The predicted molar refractivity (Wildman–Crippen MR) is 90.7 cm³/mol. The maximum absolute atomic E-state index is 11.8. The lowest BCUT2D eigenvalue weighted by Gasteiger charge is -2.15. The smallest absolute Gasteiger partial charge is 0.250 e. The molecule has 0 bridgehead atoms. The van der Waals surface area contributed by atoms with E-state index < -0.39 is 0 Å². The minimum atomic E-state index is 0.0329. The van der Waals surface area contributed by atoms with Crippen LogP contribution in [0.25, 0.3) is 0 Å². The van der Waals surface area contributed by atoms with E-state index in [4.69, 9.17) is 0 Å². The number of hydrogen-bond donors (Lipinski definition) is 1. The summed E-state index contributed by atoms with van der Waals surface area (Å²) in [6.45, 7) is 5.79. The van der Waals surface area contributed by atoms with Crippen LogP contribution >= 0.6 is 15.9 Å². The summed E-state index contributed by atoms with van der Waals surface area (Å²) in [6, 6.07) is 12.2. The Morgan fingerprint density at radius 3 is 2.86 bits per heavy atom. The van der Waals surface area contributed by atoms with Gasteiger partial charge in [-0.15, -0.1) is 0 Å². The van der Waals surface area contributed by atoms with Gasteiger partial charge in [-0.05, 0) is 54.4 Å². The number of halogens is 1. The molecule has 0 saturated heterocycles. The first-order chi connectivity index (χ1) is 10.0. The molecule has 0 aliphatic heterocycles. The molecule has 0 aliphatic rings. The van der Waals surface area contributed by atoms with Crippen LogP contribution in [0.4, 0.5) is 0 Å². The highest BCUT2D eigenvalue weighted by molar-refractivity contribution is 9.10. The van der Waals surface area contributed by atoms with Gasteiger partial charge in [0.1, 0.15) is 0 Å². The van der Waals surface area contributed by atoms with Crippen LogP contribution in [0.15, 0.2) is 51.9 Å². The molecule has 1 aromatic carbocycles. The number of aryl methyl sites for hydroxylation is 1.